The maximum absolute atomic E-state index is 13.8. The Hall–Kier alpha value is -2.25. The molecule has 36 heavy (non-hydrogen) atoms. The van der Waals surface area contributed by atoms with Crippen LogP contribution < -0.4 is 10.6 Å². The Morgan fingerprint density at radius 1 is 0.917 bits per heavy atom. The van der Waals surface area contributed by atoms with E-state index in [0.29, 0.717) is 12.3 Å². The minimum atomic E-state index is -0.949. The van der Waals surface area contributed by atoms with Crippen LogP contribution in [0.1, 0.15) is 48.0 Å². The van der Waals surface area contributed by atoms with E-state index >= 15 is 0 Å². The van der Waals surface area contributed by atoms with Crippen molar-refractivity contribution in [3.63, 3.8) is 0 Å². The van der Waals surface area contributed by atoms with Crippen LogP contribution in [0.4, 0.5) is 0 Å². The van der Waals surface area contributed by atoms with Crippen molar-refractivity contribution in [3.05, 3.63) is 104 Å². The van der Waals surface area contributed by atoms with Crippen molar-refractivity contribution >= 4 is 30.8 Å². The number of esters is 1. The van der Waals surface area contributed by atoms with E-state index in [2.05, 4.69) is 72.4 Å². The third-order valence-electron chi connectivity index (χ3n) is 6.65. The van der Waals surface area contributed by atoms with Gasteiger partial charge in [0.15, 0.2) is 0 Å². The summed E-state index contributed by atoms with van der Waals surface area (Å²) in [6.45, 7) is 16.8. The third kappa shape index (κ3) is 6.74. The number of hydrogen-bond donors (Lipinski definition) is 0. The fourth-order valence-corrected chi connectivity index (χ4v) is 6.83. The van der Waals surface area contributed by atoms with Gasteiger partial charge in [-0.25, -0.2) is 0 Å². The summed E-state index contributed by atoms with van der Waals surface area (Å²) >= 11 is 0. The summed E-state index contributed by atoms with van der Waals surface area (Å²) in [5, 5.41) is 2.34. The van der Waals surface area contributed by atoms with Gasteiger partial charge in [0.25, 0.3) is 0 Å². The molecule has 0 bridgehead atoms. The van der Waals surface area contributed by atoms with E-state index < -0.39 is 14.0 Å². The summed E-state index contributed by atoms with van der Waals surface area (Å²) in [4.78, 5) is 25.5. The number of aldehydes is 1. The Kier molecular flexibility index (Phi) is 9.33. The molecule has 1 aliphatic carbocycles. The lowest BCUT2D eigenvalue weighted by atomic mass is 9.70. The Balaban J connectivity index is 1.96. The fourth-order valence-electron chi connectivity index (χ4n) is 4.40. The lowest BCUT2D eigenvalue weighted by molar-refractivity contribution is -0.149. The van der Waals surface area contributed by atoms with E-state index in [4.69, 9.17) is 4.74 Å². The van der Waals surface area contributed by atoms with Crippen LogP contribution in [0.2, 0.25) is 0 Å². The maximum Gasteiger partial charge on any atom is 0.315 e. The Morgan fingerprint density at radius 2 is 1.44 bits per heavy atom. The number of hydrogen-bond acceptors (Lipinski definition) is 3. The standard InChI is InChI=1S/C32H38O3P/c1-23(31(2,3)4)29(27(21-22-33)32(5,6)7)35-30(34)26-19-14-20-28(26)36(24-15-10-8-11-16-24)25-17-12-9-13-18-25/h8-20,22,27,29H,1,21H2,2-7H3/t27-,29-/m0/s1. The molecule has 0 heterocycles. The first-order valence-corrected chi connectivity index (χ1v) is 13.8. The minimum absolute atomic E-state index is 0.186. The monoisotopic (exact) mass is 501 g/mol. The predicted octanol–water partition coefficient (Wildman–Crippen LogP) is 6.62. The molecule has 189 valence electrons. The molecular weight excluding hydrogens is 463 g/mol. The van der Waals surface area contributed by atoms with Gasteiger partial charge in [0, 0.05) is 18.0 Å². The molecule has 5 radical (unpaired) electrons. The molecule has 2 atom stereocenters. The molecule has 1 saturated carbocycles. The summed E-state index contributed by atoms with van der Waals surface area (Å²) in [6, 6.07) is 20.6. The second-order valence-corrected chi connectivity index (χ2v) is 13.5. The zero-order valence-electron chi connectivity index (χ0n) is 22.3. The molecule has 1 fully saturated rings. The van der Waals surface area contributed by atoms with E-state index in [-0.39, 0.29) is 22.7 Å². The van der Waals surface area contributed by atoms with E-state index in [0.717, 1.165) is 17.5 Å². The summed E-state index contributed by atoms with van der Waals surface area (Å²) in [5.41, 5.74) is 1.25. The van der Waals surface area contributed by atoms with Gasteiger partial charge in [-0.15, -0.1) is 0 Å². The van der Waals surface area contributed by atoms with Gasteiger partial charge >= 0.3 is 5.97 Å². The molecular formula is C32H38O3P. The van der Waals surface area contributed by atoms with Gasteiger partial charge in [-0.2, -0.15) is 0 Å². The van der Waals surface area contributed by atoms with Gasteiger partial charge in [-0.1, -0.05) is 109 Å². The third-order valence-corrected chi connectivity index (χ3v) is 9.15. The van der Waals surface area contributed by atoms with Crippen LogP contribution in [0.5, 0.6) is 0 Å². The van der Waals surface area contributed by atoms with Gasteiger partial charge in [-0.05, 0) is 54.2 Å². The van der Waals surface area contributed by atoms with Crippen LogP contribution in [0.15, 0.2) is 72.8 Å². The van der Waals surface area contributed by atoms with Gasteiger partial charge in [0.05, 0.1) is 0 Å². The highest BCUT2D eigenvalue weighted by atomic mass is 31.1. The van der Waals surface area contributed by atoms with Gasteiger partial charge in [0.2, 0.25) is 0 Å². The average molecular weight is 502 g/mol. The molecule has 4 heteroatoms. The summed E-state index contributed by atoms with van der Waals surface area (Å²) in [7, 11) is -0.949. The molecule has 2 aromatic carbocycles. The molecule has 1 aliphatic rings. The second-order valence-electron chi connectivity index (χ2n) is 11.3. The van der Waals surface area contributed by atoms with Crippen LogP contribution in [-0.2, 0) is 14.3 Å². The lowest BCUT2D eigenvalue weighted by Crippen LogP contribution is -2.41. The van der Waals surface area contributed by atoms with Crippen molar-refractivity contribution in [2.75, 3.05) is 0 Å². The molecule has 3 nitrogen and oxygen atoms in total. The average Bonchev–Trinajstić information content (AvgIpc) is 3.30. The number of ether oxygens (including phenoxy) is 1. The van der Waals surface area contributed by atoms with Crippen LogP contribution >= 0.6 is 7.92 Å². The Labute approximate surface area is 219 Å². The molecule has 0 saturated heterocycles. The molecule has 0 spiro atoms. The first-order chi connectivity index (χ1) is 16.9. The van der Waals surface area contributed by atoms with Gasteiger partial charge < -0.3 is 9.53 Å². The van der Waals surface area contributed by atoms with Crippen molar-refractivity contribution in [1.82, 2.24) is 0 Å². The Morgan fingerprint density at radius 3 is 1.89 bits per heavy atom. The number of rotatable bonds is 9. The molecule has 0 aromatic heterocycles. The summed E-state index contributed by atoms with van der Waals surface area (Å²) in [6.07, 6.45) is 6.44. The highest BCUT2D eigenvalue weighted by Gasteiger charge is 2.45. The minimum Gasteiger partial charge on any atom is -0.457 e. The Bertz CT molecular complexity index is 977. The normalized spacial score (nSPS) is 17.1. The predicted molar refractivity (Wildman–Crippen MR) is 151 cm³/mol. The first kappa shape index (κ1) is 28.3. The van der Waals surface area contributed by atoms with Crippen LogP contribution in [0.25, 0.3) is 0 Å². The fraction of sp³-hybridized carbons (Fsp3) is 0.344. The molecule has 2 aromatic rings. The molecule has 0 aliphatic heterocycles. The zero-order chi connectivity index (χ0) is 26.5. The number of carbonyl (C=O) groups excluding carboxylic acids is 2. The van der Waals surface area contributed by atoms with E-state index in [9.17, 15) is 9.59 Å². The van der Waals surface area contributed by atoms with Crippen LogP contribution in [0, 0.1) is 47.6 Å². The largest absolute Gasteiger partial charge is 0.457 e. The molecule has 0 N–H and O–H groups in total. The lowest BCUT2D eigenvalue weighted by Gasteiger charge is -2.40. The summed E-state index contributed by atoms with van der Waals surface area (Å²) in [5.74, 6) is 0.0121. The first-order valence-electron chi connectivity index (χ1n) is 12.4. The van der Waals surface area contributed by atoms with Crippen molar-refractivity contribution in [3.8, 4) is 0 Å². The van der Waals surface area contributed by atoms with Crippen molar-refractivity contribution < 1.29 is 14.3 Å². The number of carbonyl (C=O) groups is 2. The molecule has 3 rings (SSSR count). The van der Waals surface area contributed by atoms with Crippen LogP contribution in [-0.4, -0.2) is 18.4 Å². The second kappa shape index (κ2) is 11.9. The van der Waals surface area contributed by atoms with Crippen molar-refractivity contribution in [2.24, 2.45) is 16.7 Å². The van der Waals surface area contributed by atoms with Gasteiger partial charge in [-0.3, -0.25) is 4.79 Å². The van der Waals surface area contributed by atoms with E-state index in [1.165, 1.54) is 10.6 Å². The molecule has 0 amide bonds. The maximum atomic E-state index is 13.8. The SMILES string of the molecule is C=C([C@H](OC(=O)[C]1[CH][CH][CH][C]1P(c1ccccc1)c1ccccc1)[C@H](CC=O)C(C)(C)C)C(C)(C)C. The smallest absolute Gasteiger partial charge is 0.315 e. The van der Waals surface area contributed by atoms with Crippen LogP contribution in [0.3, 0.4) is 0 Å². The zero-order valence-corrected chi connectivity index (χ0v) is 23.2. The van der Waals surface area contributed by atoms with E-state index in [1.54, 1.807) is 0 Å². The van der Waals surface area contributed by atoms with E-state index in [1.807, 2.05) is 55.7 Å². The highest BCUT2D eigenvalue weighted by molar-refractivity contribution is 7.76. The van der Waals surface area contributed by atoms with Crippen molar-refractivity contribution in [1.29, 1.82) is 0 Å². The summed E-state index contributed by atoms with van der Waals surface area (Å²) < 4.78 is 6.30. The topological polar surface area (TPSA) is 43.4 Å². The van der Waals surface area contributed by atoms with Crippen molar-refractivity contribution in [2.45, 2.75) is 54.1 Å². The highest BCUT2D eigenvalue weighted by Crippen LogP contribution is 2.56. The quantitative estimate of drug-likeness (QED) is 0.168. The number of benzene rings is 2. The molecule has 0 unspecified atom stereocenters. The van der Waals surface area contributed by atoms with Gasteiger partial charge in [0.1, 0.15) is 18.3 Å².